The van der Waals surface area contributed by atoms with Crippen LogP contribution in [0.3, 0.4) is 0 Å². The van der Waals surface area contributed by atoms with E-state index in [-0.39, 0.29) is 5.75 Å². The van der Waals surface area contributed by atoms with Gasteiger partial charge in [0.1, 0.15) is 17.3 Å². The predicted molar refractivity (Wildman–Crippen MR) is 72.4 cm³/mol. The minimum absolute atomic E-state index is 0.221. The van der Waals surface area contributed by atoms with Crippen molar-refractivity contribution in [2.45, 2.75) is 0 Å². The molecule has 1 heterocycles. The van der Waals surface area contributed by atoms with Crippen LogP contribution in [-0.4, -0.2) is 16.1 Å². The third-order valence-electron chi connectivity index (χ3n) is 2.23. The van der Waals surface area contributed by atoms with Crippen LogP contribution in [0.5, 0.6) is 11.5 Å². The third-order valence-corrected chi connectivity index (χ3v) is 2.43. The summed E-state index contributed by atoms with van der Waals surface area (Å²) in [7, 11) is 0. The molecule has 102 valence electrons. The quantitative estimate of drug-likeness (QED) is 0.872. The van der Waals surface area contributed by atoms with Gasteiger partial charge in [-0.3, -0.25) is 4.98 Å². The number of hydrogen-bond donors (Lipinski definition) is 1. The number of pyridine rings is 1. The van der Waals surface area contributed by atoms with E-state index in [2.05, 4.69) is 4.98 Å². The van der Waals surface area contributed by atoms with Crippen LogP contribution >= 0.6 is 11.6 Å². The molecule has 0 atom stereocenters. The average Bonchev–Trinajstić information content (AvgIpc) is 2.35. The average molecular weight is 294 g/mol. The van der Waals surface area contributed by atoms with E-state index in [0.29, 0.717) is 16.3 Å². The molecule has 20 heavy (non-hydrogen) atoms. The smallest absolute Gasteiger partial charge is 0.328 e. The molecule has 0 bridgehead atoms. The van der Waals surface area contributed by atoms with E-state index >= 15 is 0 Å². The van der Waals surface area contributed by atoms with Crippen molar-refractivity contribution in [3.05, 3.63) is 59.1 Å². The highest BCUT2D eigenvalue weighted by Crippen LogP contribution is 2.25. The fourth-order valence-corrected chi connectivity index (χ4v) is 1.66. The Balaban J connectivity index is 2.26. The zero-order valence-electron chi connectivity index (χ0n) is 10.1. The van der Waals surface area contributed by atoms with E-state index in [4.69, 9.17) is 21.4 Å². The number of nitrogens with zero attached hydrogens (tertiary/aromatic N) is 1. The van der Waals surface area contributed by atoms with Crippen LogP contribution in [-0.2, 0) is 4.79 Å². The molecule has 0 radical (unpaired) electrons. The Kier molecular flexibility index (Phi) is 4.32. The molecule has 1 aromatic carbocycles. The molecule has 2 rings (SSSR count). The van der Waals surface area contributed by atoms with Crippen LogP contribution in [0.25, 0.3) is 6.08 Å². The Morgan fingerprint density at radius 2 is 2.05 bits per heavy atom. The molecule has 6 heteroatoms. The molecule has 0 saturated carbocycles. The lowest BCUT2D eigenvalue weighted by atomic mass is 10.2. The van der Waals surface area contributed by atoms with Crippen molar-refractivity contribution >= 4 is 23.6 Å². The third kappa shape index (κ3) is 4.07. The van der Waals surface area contributed by atoms with Gasteiger partial charge in [0, 0.05) is 24.4 Å². The zero-order valence-corrected chi connectivity index (χ0v) is 10.8. The molecule has 0 aliphatic carbocycles. The Bertz CT molecular complexity index is 673. The van der Waals surface area contributed by atoms with Gasteiger partial charge < -0.3 is 9.84 Å². The number of rotatable bonds is 4. The zero-order chi connectivity index (χ0) is 14.5. The number of aromatic nitrogens is 1. The largest absolute Gasteiger partial charge is 0.478 e. The first-order valence-electron chi connectivity index (χ1n) is 5.53. The van der Waals surface area contributed by atoms with Crippen molar-refractivity contribution in [3.63, 3.8) is 0 Å². The summed E-state index contributed by atoms with van der Waals surface area (Å²) in [6, 6.07) is 5.41. The van der Waals surface area contributed by atoms with E-state index in [1.54, 1.807) is 0 Å². The monoisotopic (exact) mass is 293 g/mol. The van der Waals surface area contributed by atoms with Crippen molar-refractivity contribution in [2.24, 2.45) is 0 Å². The summed E-state index contributed by atoms with van der Waals surface area (Å²) in [5.74, 6) is -1.08. The number of carbonyl (C=O) groups is 1. The first-order chi connectivity index (χ1) is 9.52. The fraction of sp³-hybridized carbons (Fsp3) is 0. The maximum atomic E-state index is 13.4. The number of aliphatic carboxylic acids is 1. The Hall–Kier alpha value is -2.40. The number of hydrogen-bond acceptors (Lipinski definition) is 3. The van der Waals surface area contributed by atoms with Gasteiger partial charge in [-0.2, -0.15) is 0 Å². The highest BCUT2D eigenvalue weighted by Gasteiger charge is 2.03. The lowest BCUT2D eigenvalue weighted by molar-refractivity contribution is -0.131. The molecule has 2 aromatic rings. The van der Waals surface area contributed by atoms with Crippen LogP contribution in [0, 0.1) is 5.82 Å². The highest BCUT2D eigenvalue weighted by molar-refractivity contribution is 6.30. The summed E-state index contributed by atoms with van der Waals surface area (Å²) in [5, 5.41) is 8.94. The van der Waals surface area contributed by atoms with Crippen LogP contribution in [0.1, 0.15) is 5.56 Å². The highest BCUT2D eigenvalue weighted by atomic mass is 35.5. The molecular formula is C14H9ClFNO3. The fourth-order valence-electron chi connectivity index (χ4n) is 1.49. The van der Waals surface area contributed by atoms with Crippen molar-refractivity contribution in [1.29, 1.82) is 0 Å². The van der Waals surface area contributed by atoms with E-state index in [1.807, 2.05) is 0 Å². The van der Waals surface area contributed by atoms with Crippen molar-refractivity contribution < 1.29 is 19.0 Å². The number of carboxylic acids is 1. The molecule has 0 spiro atoms. The van der Waals surface area contributed by atoms with Crippen molar-refractivity contribution in [1.82, 2.24) is 4.98 Å². The summed E-state index contributed by atoms with van der Waals surface area (Å²) >= 11 is 5.77. The normalized spacial score (nSPS) is 10.7. The van der Waals surface area contributed by atoms with Crippen molar-refractivity contribution in [2.75, 3.05) is 0 Å². The number of carboxylic acid groups (broad SMARTS) is 1. The second kappa shape index (κ2) is 6.16. The molecule has 1 N–H and O–H groups in total. The number of ether oxygens (including phenoxy) is 1. The first kappa shape index (κ1) is 14.0. The molecule has 0 saturated heterocycles. The minimum Gasteiger partial charge on any atom is -0.478 e. The van der Waals surface area contributed by atoms with Crippen LogP contribution < -0.4 is 4.74 Å². The van der Waals surface area contributed by atoms with Gasteiger partial charge >= 0.3 is 5.97 Å². The lowest BCUT2D eigenvalue weighted by Crippen LogP contribution is -1.89. The van der Waals surface area contributed by atoms with Gasteiger partial charge in [-0.15, -0.1) is 0 Å². The summed E-state index contributed by atoms with van der Waals surface area (Å²) in [5.41, 5.74) is 0.373. The minimum atomic E-state index is -1.12. The van der Waals surface area contributed by atoms with E-state index in [1.165, 1.54) is 42.7 Å². The number of benzene rings is 1. The summed E-state index contributed by atoms with van der Waals surface area (Å²) in [4.78, 5) is 14.3. The van der Waals surface area contributed by atoms with Crippen LogP contribution in [0.15, 0.2) is 42.7 Å². The molecule has 1 aromatic heterocycles. The van der Waals surface area contributed by atoms with Gasteiger partial charge in [0.15, 0.2) is 0 Å². The SMILES string of the molecule is O=C(O)/C=C/c1cc(F)cc(Oc2cncc(Cl)c2)c1. The van der Waals surface area contributed by atoms with Crippen LogP contribution in [0.4, 0.5) is 4.39 Å². The van der Waals surface area contributed by atoms with Gasteiger partial charge in [0.2, 0.25) is 0 Å². The molecule has 0 amide bonds. The van der Waals surface area contributed by atoms with Gasteiger partial charge in [-0.1, -0.05) is 11.6 Å². The van der Waals surface area contributed by atoms with E-state index in [9.17, 15) is 9.18 Å². The maximum Gasteiger partial charge on any atom is 0.328 e. The molecular weight excluding hydrogens is 285 g/mol. The van der Waals surface area contributed by atoms with Crippen LogP contribution in [0.2, 0.25) is 5.02 Å². The molecule has 4 nitrogen and oxygen atoms in total. The van der Waals surface area contributed by atoms with E-state index < -0.39 is 11.8 Å². The topological polar surface area (TPSA) is 59.4 Å². The van der Waals surface area contributed by atoms with Gasteiger partial charge in [0.25, 0.3) is 0 Å². The summed E-state index contributed by atoms with van der Waals surface area (Å²) in [6.45, 7) is 0. The second-order valence-corrected chi connectivity index (χ2v) is 4.27. The summed E-state index contributed by atoms with van der Waals surface area (Å²) in [6.07, 6.45) is 5.07. The lowest BCUT2D eigenvalue weighted by Gasteiger charge is -2.06. The molecule has 0 aliphatic rings. The van der Waals surface area contributed by atoms with Gasteiger partial charge in [-0.05, 0) is 23.8 Å². The standard InChI is InChI=1S/C14H9ClFNO3/c15-10-5-13(8-17-7-10)20-12-4-9(1-2-14(18)19)3-11(16)6-12/h1-8H,(H,18,19)/b2-1+. The van der Waals surface area contributed by atoms with Gasteiger partial charge in [0.05, 0.1) is 11.2 Å². The molecule has 0 aliphatic heterocycles. The van der Waals surface area contributed by atoms with Gasteiger partial charge in [-0.25, -0.2) is 9.18 Å². The maximum absolute atomic E-state index is 13.4. The number of halogens is 2. The Morgan fingerprint density at radius 1 is 1.25 bits per heavy atom. The Morgan fingerprint density at radius 3 is 2.75 bits per heavy atom. The molecule has 0 fully saturated rings. The van der Waals surface area contributed by atoms with Crippen molar-refractivity contribution in [3.8, 4) is 11.5 Å². The summed E-state index contributed by atoms with van der Waals surface area (Å²) < 4.78 is 18.9. The predicted octanol–water partition coefficient (Wildman–Crippen LogP) is 3.76. The molecule has 0 unspecified atom stereocenters. The van der Waals surface area contributed by atoms with E-state index in [0.717, 1.165) is 6.08 Å². The Labute approximate surface area is 119 Å². The first-order valence-corrected chi connectivity index (χ1v) is 5.91. The second-order valence-electron chi connectivity index (χ2n) is 3.83.